The van der Waals surface area contributed by atoms with Crippen LogP contribution in [0.5, 0.6) is 11.5 Å². The summed E-state index contributed by atoms with van der Waals surface area (Å²) < 4.78 is 0. The molecule has 0 aromatic heterocycles. The SMILES string of the molecule is O=C1c2cccc(Nc3ccc(O)cc3)c2C(=O)c2c(Nc3ccc(O)cc3)cccc21. The molecule has 1 aliphatic carbocycles. The summed E-state index contributed by atoms with van der Waals surface area (Å²) in [5.74, 6) is -0.219. The van der Waals surface area contributed by atoms with Crippen molar-refractivity contribution >= 4 is 34.3 Å². The number of carbonyl (C=O) groups excluding carboxylic acids is 2. The van der Waals surface area contributed by atoms with E-state index in [9.17, 15) is 19.8 Å². The Morgan fingerprint density at radius 1 is 0.500 bits per heavy atom. The van der Waals surface area contributed by atoms with E-state index in [2.05, 4.69) is 10.6 Å². The molecule has 0 saturated heterocycles. The van der Waals surface area contributed by atoms with Gasteiger partial charge in [-0.25, -0.2) is 0 Å². The summed E-state index contributed by atoms with van der Waals surface area (Å²) in [4.78, 5) is 26.9. The van der Waals surface area contributed by atoms with Crippen LogP contribution in [0.3, 0.4) is 0 Å². The third-order valence-corrected chi connectivity index (χ3v) is 5.36. The standard InChI is InChI=1S/C26H18N2O4/c29-17-11-7-15(8-12-17)27-21-5-1-3-19-23(21)26(32)24-20(25(19)31)4-2-6-22(24)28-16-9-13-18(30)14-10-16/h1-14,27-30H. The number of benzene rings is 4. The van der Waals surface area contributed by atoms with E-state index < -0.39 is 0 Å². The summed E-state index contributed by atoms with van der Waals surface area (Å²) >= 11 is 0. The van der Waals surface area contributed by atoms with E-state index in [1.165, 1.54) is 0 Å². The Morgan fingerprint density at radius 2 is 0.906 bits per heavy atom. The molecule has 6 heteroatoms. The minimum absolute atomic E-state index is 0.135. The smallest absolute Gasteiger partial charge is 0.198 e. The van der Waals surface area contributed by atoms with Crippen molar-refractivity contribution in [2.75, 3.05) is 10.6 Å². The Labute approximate surface area is 183 Å². The lowest BCUT2D eigenvalue weighted by atomic mass is 9.82. The summed E-state index contributed by atoms with van der Waals surface area (Å²) in [5.41, 5.74) is 3.67. The molecule has 32 heavy (non-hydrogen) atoms. The molecule has 0 bridgehead atoms. The molecule has 0 heterocycles. The highest BCUT2D eigenvalue weighted by atomic mass is 16.3. The molecule has 0 aliphatic heterocycles. The van der Waals surface area contributed by atoms with Gasteiger partial charge in [-0.15, -0.1) is 0 Å². The number of anilines is 4. The van der Waals surface area contributed by atoms with Crippen molar-refractivity contribution in [3.05, 3.63) is 107 Å². The predicted molar refractivity (Wildman–Crippen MR) is 123 cm³/mol. The third-order valence-electron chi connectivity index (χ3n) is 5.36. The zero-order valence-corrected chi connectivity index (χ0v) is 16.8. The zero-order chi connectivity index (χ0) is 22.2. The van der Waals surface area contributed by atoms with E-state index >= 15 is 0 Å². The Kier molecular flexibility index (Phi) is 4.60. The molecule has 1 aliphatic rings. The van der Waals surface area contributed by atoms with Crippen molar-refractivity contribution in [1.82, 2.24) is 0 Å². The number of phenols is 2. The number of aromatic hydroxyl groups is 2. The van der Waals surface area contributed by atoms with E-state index in [1.807, 2.05) is 0 Å². The van der Waals surface area contributed by atoms with Gasteiger partial charge in [0.1, 0.15) is 11.5 Å². The molecular weight excluding hydrogens is 404 g/mol. The predicted octanol–water partition coefficient (Wildman–Crippen LogP) is 5.36. The second-order valence-electron chi connectivity index (χ2n) is 7.46. The van der Waals surface area contributed by atoms with Gasteiger partial charge in [0.15, 0.2) is 11.6 Å². The summed E-state index contributed by atoms with van der Waals surface area (Å²) in [5, 5.41) is 25.4. The average molecular weight is 422 g/mol. The Balaban J connectivity index is 1.59. The second kappa shape index (κ2) is 7.59. The van der Waals surface area contributed by atoms with E-state index in [0.29, 0.717) is 45.0 Å². The number of hydrogen-bond acceptors (Lipinski definition) is 6. The Morgan fingerprint density at radius 3 is 1.31 bits per heavy atom. The van der Waals surface area contributed by atoms with Crippen LogP contribution in [0.4, 0.5) is 22.7 Å². The van der Waals surface area contributed by atoms with Crippen molar-refractivity contribution in [3.63, 3.8) is 0 Å². The number of ketones is 2. The fourth-order valence-corrected chi connectivity index (χ4v) is 3.85. The van der Waals surface area contributed by atoms with Crippen LogP contribution in [0.2, 0.25) is 0 Å². The average Bonchev–Trinajstić information content (AvgIpc) is 2.80. The van der Waals surface area contributed by atoms with Crippen molar-refractivity contribution in [2.24, 2.45) is 0 Å². The first-order valence-corrected chi connectivity index (χ1v) is 9.99. The van der Waals surface area contributed by atoms with Crippen LogP contribution in [0.25, 0.3) is 0 Å². The molecule has 0 unspecified atom stereocenters. The van der Waals surface area contributed by atoms with Gasteiger partial charge in [-0.1, -0.05) is 24.3 Å². The molecule has 6 nitrogen and oxygen atoms in total. The van der Waals surface area contributed by atoms with Crippen molar-refractivity contribution in [3.8, 4) is 11.5 Å². The third kappa shape index (κ3) is 3.33. The van der Waals surface area contributed by atoms with Crippen LogP contribution in [0.1, 0.15) is 31.8 Å². The topological polar surface area (TPSA) is 98.7 Å². The van der Waals surface area contributed by atoms with Gasteiger partial charge < -0.3 is 20.8 Å². The number of rotatable bonds is 4. The monoisotopic (exact) mass is 422 g/mol. The molecule has 0 radical (unpaired) electrons. The van der Waals surface area contributed by atoms with Crippen molar-refractivity contribution in [2.45, 2.75) is 0 Å². The van der Waals surface area contributed by atoms with Gasteiger partial charge >= 0.3 is 0 Å². The molecule has 0 saturated carbocycles. The number of nitrogens with one attached hydrogen (secondary N) is 2. The van der Waals surface area contributed by atoms with Gasteiger partial charge in [-0.2, -0.15) is 0 Å². The molecule has 5 rings (SSSR count). The van der Waals surface area contributed by atoms with Gasteiger partial charge in [0.05, 0.1) is 22.5 Å². The molecular formula is C26H18N2O4. The zero-order valence-electron chi connectivity index (χ0n) is 16.8. The van der Waals surface area contributed by atoms with E-state index in [0.717, 1.165) is 0 Å². The maximum absolute atomic E-state index is 13.7. The number of carbonyl (C=O) groups is 2. The second-order valence-corrected chi connectivity index (χ2v) is 7.46. The number of phenolic OH excluding ortho intramolecular Hbond substituents is 2. The molecule has 4 N–H and O–H groups in total. The summed E-state index contributed by atoms with van der Waals surface area (Å²) in [6.07, 6.45) is 0. The maximum Gasteiger partial charge on any atom is 0.198 e. The van der Waals surface area contributed by atoms with Crippen LogP contribution < -0.4 is 10.6 Å². The minimum Gasteiger partial charge on any atom is -0.508 e. The van der Waals surface area contributed by atoms with E-state index in [4.69, 9.17) is 0 Å². The molecule has 4 aromatic carbocycles. The largest absolute Gasteiger partial charge is 0.508 e. The van der Waals surface area contributed by atoms with Crippen LogP contribution in [-0.2, 0) is 0 Å². The summed E-state index contributed by atoms with van der Waals surface area (Å²) in [6.45, 7) is 0. The molecule has 0 atom stereocenters. The fraction of sp³-hybridized carbons (Fsp3) is 0. The molecule has 0 fully saturated rings. The normalized spacial score (nSPS) is 12.1. The van der Waals surface area contributed by atoms with E-state index in [1.54, 1.807) is 84.9 Å². The summed E-state index contributed by atoms with van der Waals surface area (Å²) in [7, 11) is 0. The Bertz CT molecular complexity index is 1260. The van der Waals surface area contributed by atoms with Crippen LogP contribution >= 0.6 is 0 Å². The lowest BCUT2D eigenvalue weighted by Gasteiger charge is -2.23. The molecule has 0 spiro atoms. The van der Waals surface area contributed by atoms with Crippen LogP contribution in [0, 0.1) is 0 Å². The first-order chi connectivity index (χ1) is 15.5. The van der Waals surface area contributed by atoms with Crippen molar-refractivity contribution < 1.29 is 19.8 Å². The summed E-state index contributed by atoms with van der Waals surface area (Å²) in [6, 6.07) is 23.2. The highest BCUT2D eigenvalue weighted by molar-refractivity contribution is 6.32. The number of fused-ring (bicyclic) bond motifs is 2. The molecule has 0 amide bonds. The van der Waals surface area contributed by atoms with Gasteiger partial charge in [-0.05, 0) is 60.7 Å². The van der Waals surface area contributed by atoms with Gasteiger partial charge in [0.25, 0.3) is 0 Å². The van der Waals surface area contributed by atoms with Gasteiger partial charge in [-0.3, -0.25) is 9.59 Å². The van der Waals surface area contributed by atoms with E-state index in [-0.39, 0.29) is 23.1 Å². The number of hydrogen-bond donors (Lipinski definition) is 4. The van der Waals surface area contributed by atoms with Crippen LogP contribution in [-0.4, -0.2) is 21.8 Å². The first kappa shape index (κ1) is 19.4. The van der Waals surface area contributed by atoms with Gasteiger partial charge in [0, 0.05) is 22.5 Å². The minimum atomic E-state index is -0.265. The lowest BCUT2D eigenvalue weighted by Crippen LogP contribution is -2.23. The van der Waals surface area contributed by atoms with Crippen molar-refractivity contribution in [1.29, 1.82) is 0 Å². The fourth-order valence-electron chi connectivity index (χ4n) is 3.85. The molecule has 156 valence electrons. The Hall–Kier alpha value is -4.58. The molecule has 4 aromatic rings. The highest BCUT2D eigenvalue weighted by Gasteiger charge is 2.33. The first-order valence-electron chi connectivity index (χ1n) is 9.99. The quantitative estimate of drug-likeness (QED) is 0.291. The highest BCUT2D eigenvalue weighted by Crippen LogP contribution is 2.37. The maximum atomic E-state index is 13.7. The van der Waals surface area contributed by atoms with Crippen LogP contribution in [0.15, 0.2) is 84.9 Å². The van der Waals surface area contributed by atoms with Gasteiger partial charge in [0.2, 0.25) is 0 Å². The lowest BCUT2D eigenvalue weighted by molar-refractivity contribution is 0.0980.